The average Bonchev–Trinajstić information content (AvgIpc) is 2.02. The molecule has 3 nitrogen and oxygen atoms in total. The van der Waals surface area contributed by atoms with Gasteiger partial charge >= 0.3 is 0 Å². The minimum Gasteiger partial charge on any atom is -0.507 e. The van der Waals surface area contributed by atoms with Crippen molar-refractivity contribution in [2.24, 2.45) is 5.73 Å². The Morgan fingerprint density at radius 1 is 1.46 bits per heavy atom. The van der Waals surface area contributed by atoms with E-state index in [1.807, 2.05) is 0 Å². The first-order valence-electron chi connectivity index (χ1n) is 3.39. The summed E-state index contributed by atoms with van der Waals surface area (Å²) in [7, 11) is 0. The van der Waals surface area contributed by atoms with Gasteiger partial charge in [0.05, 0.1) is 11.1 Å². The van der Waals surface area contributed by atoms with Crippen LogP contribution in [-0.2, 0) is 0 Å². The smallest absolute Gasteiger partial charge is 0.124 e. The second-order valence-corrected chi connectivity index (χ2v) is 3.27. The van der Waals surface area contributed by atoms with Crippen LogP contribution in [0.3, 0.4) is 0 Å². The third-order valence-corrected chi connectivity index (χ3v) is 2.05. The molecule has 0 unspecified atom stereocenters. The summed E-state index contributed by atoms with van der Waals surface area (Å²) in [6.45, 7) is 0. The van der Waals surface area contributed by atoms with Gasteiger partial charge in [-0.1, -0.05) is 23.2 Å². The fourth-order valence-electron chi connectivity index (χ4n) is 0.944. The van der Waals surface area contributed by atoms with Gasteiger partial charge in [-0.15, -0.1) is 0 Å². The molecule has 0 radical (unpaired) electrons. The van der Waals surface area contributed by atoms with E-state index in [0.717, 1.165) is 0 Å². The maximum atomic E-state index is 9.37. The van der Waals surface area contributed by atoms with Gasteiger partial charge in [-0.05, 0) is 12.1 Å². The van der Waals surface area contributed by atoms with Crippen LogP contribution in [0.5, 0.6) is 5.75 Å². The number of phenolic OH excluding ortho intramolecular Hbond substituents is 1. The quantitative estimate of drug-likeness (QED) is 0.757. The molecule has 0 spiro atoms. The van der Waals surface area contributed by atoms with Gasteiger partial charge in [0.15, 0.2) is 0 Å². The predicted molar refractivity (Wildman–Crippen MR) is 50.7 cm³/mol. The number of hydrogen-bond acceptors (Lipinski definition) is 3. The summed E-state index contributed by atoms with van der Waals surface area (Å²) in [4.78, 5) is 0. The lowest BCUT2D eigenvalue weighted by Crippen LogP contribution is -2.08. The highest BCUT2D eigenvalue weighted by molar-refractivity contribution is 6.35. The van der Waals surface area contributed by atoms with Crippen molar-refractivity contribution >= 4 is 23.2 Å². The highest BCUT2D eigenvalue weighted by atomic mass is 35.5. The number of nitriles is 1. The summed E-state index contributed by atoms with van der Waals surface area (Å²) in [5.41, 5.74) is 5.60. The van der Waals surface area contributed by atoms with Crippen LogP contribution in [0.25, 0.3) is 0 Å². The van der Waals surface area contributed by atoms with Crippen molar-refractivity contribution < 1.29 is 5.11 Å². The molecule has 0 fully saturated rings. The number of phenols is 1. The Morgan fingerprint density at radius 3 is 2.54 bits per heavy atom. The van der Waals surface area contributed by atoms with E-state index in [2.05, 4.69) is 0 Å². The van der Waals surface area contributed by atoms with Gasteiger partial charge in [-0.25, -0.2) is 0 Å². The highest BCUT2D eigenvalue weighted by Gasteiger charge is 2.15. The van der Waals surface area contributed by atoms with Crippen molar-refractivity contribution in [3.8, 4) is 11.8 Å². The van der Waals surface area contributed by atoms with Crippen molar-refractivity contribution in [3.05, 3.63) is 27.7 Å². The monoisotopic (exact) mass is 216 g/mol. The molecule has 0 aromatic heterocycles. The van der Waals surface area contributed by atoms with Gasteiger partial charge in [0, 0.05) is 10.6 Å². The van der Waals surface area contributed by atoms with Crippen LogP contribution < -0.4 is 5.73 Å². The normalized spacial score (nSPS) is 12.2. The van der Waals surface area contributed by atoms with Crippen LogP contribution in [0.4, 0.5) is 0 Å². The molecule has 0 heterocycles. The van der Waals surface area contributed by atoms with Crippen molar-refractivity contribution in [1.82, 2.24) is 0 Å². The lowest BCUT2D eigenvalue weighted by atomic mass is 10.1. The van der Waals surface area contributed by atoms with Crippen LogP contribution >= 0.6 is 23.2 Å². The minimum absolute atomic E-state index is 0.161. The first-order valence-corrected chi connectivity index (χ1v) is 4.15. The standard InChI is InChI=1S/C8H6Cl2N2O/c9-4-1-5(10)8(6(12)3-11)7(13)2-4/h1-2,6,13H,12H2/t6-/m0/s1. The van der Waals surface area contributed by atoms with E-state index in [1.54, 1.807) is 6.07 Å². The number of hydrogen-bond donors (Lipinski definition) is 2. The van der Waals surface area contributed by atoms with Gasteiger partial charge in [0.1, 0.15) is 11.8 Å². The fraction of sp³-hybridized carbons (Fsp3) is 0.125. The molecule has 13 heavy (non-hydrogen) atoms. The van der Waals surface area contributed by atoms with Crippen LogP contribution in [0.1, 0.15) is 11.6 Å². The molecule has 1 aromatic carbocycles. The van der Waals surface area contributed by atoms with E-state index in [9.17, 15) is 5.11 Å². The van der Waals surface area contributed by atoms with Crippen LogP contribution in [0.2, 0.25) is 10.0 Å². The number of halogens is 2. The zero-order valence-corrected chi connectivity index (χ0v) is 7.97. The molecule has 0 aliphatic heterocycles. The molecule has 0 aliphatic carbocycles. The third kappa shape index (κ3) is 2.04. The van der Waals surface area contributed by atoms with Crippen LogP contribution in [-0.4, -0.2) is 5.11 Å². The summed E-state index contributed by atoms with van der Waals surface area (Å²) < 4.78 is 0. The van der Waals surface area contributed by atoms with Gasteiger partial charge in [0.25, 0.3) is 0 Å². The van der Waals surface area contributed by atoms with Crippen LogP contribution in [0, 0.1) is 11.3 Å². The maximum absolute atomic E-state index is 9.37. The molecular weight excluding hydrogens is 211 g/mol. The molecule has 0 aliphatic rings. The zero-order valence-electron chi connectivity index (χ0n) is 6.46. The summed E-state index contributed by atoms with van der Waals surface area (Å²) in [6.07, 6.45) is 0. The number of rotatable bonds is 1. The fourth-order valence-corrected chi connectivity index (χ4v) is 1.54. The van der Waals surface area contributed by atoms with E-state index < -0.39 is 6.04 Å². The Labute approximate surface area is 85.3 Å². The molecule has 0 saturated heterocycles. The van der Waals surface area contributed by atoms with Gasteiger partial charge < -0.3 is 10.8 Å². The first kappa shape index (κ1) is 10.1. The molecule has 1 rings (SSSR count). The van der Waals surface area contributed by atoms with Gasteiger partial charge in [0.2, 0.25) is 0 Å². The SMILES string of the molecule is N#C[C@H](N)c1c(O)cc(Cl)cc1Cl. The molecule has 5 heteroatoms. The van der Waals surface area contributed by atoms with E-state index in [-0.39, 0.29) is 16.3 Å². The second-order valence-electron chi connectivity index (χ2n) is 2.43. The Kier molecular flexibility index (Phi) is 2.99. The molecule has 1 aromatic rings. The van der Waals surface area contributed by atoms with Crippen molar-refractivity contribution in [2.75, 3.05) is 0 Å². The minimum atomic E-state index is -0.940. The zero-order chi connectivity index (χ0) is 10.0. The van der Waals surface area contributed by atoms with Gasteiger partial charge in [-0.3, -0.25) is 0 Å². The molecule has 68 valence electrons. The first-order chi connectivity index (χ1) is 6.06. The van der Waals surface area contributed by atoms with Gasteiger partial charge in [-0.2, -0.15) is 5.26 Å². The van der Waals surface area contributed by atoms with E-state index in [1.165, 1.54) is 12.1 Å². The Morgan fingerprint density at radius 2 is 2.08 bits per heavy atom. The molecule has 0 saturated carbocycles. The summed E-state index contributed by atoms with van der Waals surface area (Å²) >= 11 is 11.3. The predicted octanol–water partition coefficient (Wildman–Crippen LogP) is 2.22. The number of benzene rings is 1. The number of nitrogens with two attached hydrogens (primary N) is 1. The summed E-state index contributed by atoms with van der Waals surface area (Å²) in [5.74, 6) is -0.161. The Balaban J connectivity index is 3.30. The highest BCUT2D eigenvalue weighted by Crippen LogP contribution is 2.33. The maximum Gasteiger partial charge on any atom is 0.124 e. The van der Waals surface area contributed by atoms with Crippen molar-refractivity contribution in [3.63, 3.8) is 0 Å². The second kappa shape index (κ2) is 3.84. The molecular formula is C8H6Cl2N2O. The largest absolute Gasteiger partial charge is 0.507 e. The molecule has 0 bridgehead atoms. The number of nitrogens with zero attached hydrogens (tertiary/aromatic N) is 1. The van der Waals surface area contributed by atoms with Crippen molar-refractivity contribution in [2.45, 2.75) is 6.04 Å². The van der Waals surface area contributed by atoms with E-state index >= 15 is 0 Å². The van der Waals surface area contributed by atoms with Crippen molar-refractivity contribution in [1.29, 1.82) is 5.26 Å². The van der Waals surface area contributed by atoms with E-state index in [4.69, 9.17) is 34.2 Å². The summed E-state index contributed by atoms with van der Waals surface area (Å²) in [6, 6.07) is 3.55. The summed E-state index contributed by atoms with van der Waals surface area (Å²) in [5, 5.41) is 18.4. The van der Waals surface area contributed by atoms with Crippen LogP contribution in [0.15, 0.2) is 12.1 Å². The number of aromatic hydroxyl groups is 1. The van der Waals surface area contributed by atoms with E-state index in [0.29, 0.717) is 5.02 Å². The third-order valence-electron chi connectivity index (χ3n) is 1.52. The average molecular weight is 217 g/mol. The molecule has 1 atom stereocenters. The Hall–Kier alpha value is -0.950. The topological polar surface area (TPSA) is 70.0 Å². The Bertz CT molecular complexity index is 350. The lowest BCUT2D eigenvalue weighted by Gasteiger charge is -2.08. The lowest BCUT2D eigenvalue weighted by molar-refractivity contribution is 0.466. The molecule has 0 amide bonds. The molecule has 3 N–H and O–H groups in total.